The monoisotopic (exact) mass is 326 g/mol. The first kappa shape index (κ1) is 15.2. The quantitative estimate of drug-likeness (QED) is 0.588. The lowest BCUT2D eigenvalue weighted by Crippen LogP contribution is -2.11. The Morgan fingerprint density at radius 3 is 2.57 bits per heavy atom. The van der Waals surface area contributed by atoms with Crippen molar-refractivity contribution >= 4 is 34.2 Å². The summed E-state index contributed by atoms with van der Waals surface area (Å²) in [6.45, 7) is 5.29. The van der Waals surface area contributed by atoms with Crippen molar-refractivity contribution in [1.29, 1.82) is 0 Å². The third-order valence-electron chi connectivity index (χ3n) is 3.60. The fourth-order valence-electron chi connectivity index (χ4n) is 2.34. The van der Waals surface area contributed by atoms with Gasteiger partial charge in [-0.25, -0.2) is 9.97 Å². The minimum Gasteiger partial charge on any atom is -0.328 e. The van der Waals surface area contributed by atoms with Crippen LogP contribution in [0.3, 0.4) is 0 Å². The van der Waals surface area contributed by atoms with E-state index in [2.05, 4.69) is 21.9 Å². The van der Waals surface area contributed by atoms with E-state index in [1.54, 1.807) is 6.92 Å². The molecule has 0 spiro atoms. The third kappa shape index (κ3) is 2.83. The van der Waals surface area contributed by atoms with Gasteiger partial charge >= 0.3 is 0 Å². The van der Waals surface area contributed by atoms with Crippen LogP contribution in [0.25, 0.3) is 22.3 Å². The lowest BCUT2D eigenvalue weighted by molar-refractivity contribution is -0.112. The minimum absolute atomic E-state index is 0.190. The summed E-state index contributed by atoms with van der Waals surface area (Å²) in [6, 6.07) is 9.52. The summed E-state index contributed by atoms with van der Waals surface area (Å²) >= 11 is 6.12. The zero-order valence-electron chi connectivity index (χ0n) is 12.8. The summed E-state index contributed by atoms with van der Waals surface area (Å²) in [5.74, 6) is -0.190. The van der Waals surface area contributed by atoms with Gasteiger partial charge in [-0.05, 0) is 30.7 Å². The smallest absolute Gasteiger partial charge is 0.250 e. The number of anilines is 1. The van der Waals surface area contributed by atoms with Gasteiger partial charge in [0.05, 0.1) is 11.1 Å². The van der Waals surface area contributed by atoms with Gasteiger partial charge < -0.3 is 9.88 Å². The molecule has 0 bridgehead atoms. The molecular formula is C17H15ClN4O. The van der Waals surface area contributed by atoms with Crippen LogP contribution >= 0.6 is 11.6 Å². The number of hydrogen-bond donors (Lipinski definition) is 1. The summed E-state index contributed by atoms with van der Waals surface area (Å²) in [6.07, 6.45) is 1.45. The molecule has 0 aliphatic heterocycles. The molecule has 23 heavy (non-hydrogen) atoms. The first-order valence-corrected chi connectivity index (χ1v) is 7.38. The maximum Gasteiger partial charge on any atom is 0.250 e. The average molecular weight is 327 g/mol. The van der Waals surface area contributed by atoms with Crippen LogP contribution in [-0.4, -0.2) is 20.4 Å². The van der Waals surface area contributed by atoms with Gasteiger partial charge in [-0.3, -0.25) is 4.79 Å². The normalized spacial score (nSPS) is 10.7. The van der Waals surface area contributed by atoms with Crippen LogP contribution in [0.2, 0.25) is 5.15 Å². The maximum atomic E-state index is 11.6. The molecule has 1 aromatic carbocycles. The van der Waals surface area contributed by atoms with Crippen LogP contribution in [0.4, 0.5) is 5.69 Å². The van der Waals surface area contributed by atoms with Crippen molar-refractivity contribution in [3.8, 4) is 11.3 Å². The Kier molecular flexibility index (Phi) is 3.88. The second kappa shape index (κ2) is 5.85. The topological polar surface area (TPSA) is 59.8 Å². The Balaban J connectivity index is 1.97. The highest BCUT2D eigenvalue weighted by molar-refractivity contribution is 6.34. The molecule has 0 saturated heterocycles. The standard InChI is InChI=1S/C17H15ClN4O/c1-10(2)17(23)21-12-6-4-11(5-7-12)14-8-13-15(18)19-9-20-16(13)22(14)3/h4-9H,1H2,2-3H3,(H,21,23). The number of rotatable bonds is 3. The van der Waals surface area contributed by atoms with E-state index in [0.29, 0.717) is 10.7 Å². The van der Waals surface area contributed by atoms with Crippen LogP contribution in [0.1, 0.15) is 6.92 Å². The predicted octanol–water partition coefficient (Wildman–Crippen LogP) is 3.80. The van der Waals surface area contributed by atoms with Gasteiger partial charge in [0.25, 0.3) is 5.91 Å². The Morgan fingerprint density at radius 1 is 1.26 bits per heavy atom. The van der Waals surface area contributed by atoms with E-state index in [1.165, 1.54) is 6.33 Å². The van der Waals surface area contributed by atoms with Gasteiger partial charge in [0.1, 0.15) is 17.1 Å². The lowest BCUT2D eigenvalue weighted by Gasteiger charge is -2.07. The first-order valence-electron chi connectivity index (χ1n) is 7.00. The molecule has 5 nitrogen and oxygen atoms in total. The van der Waals surface area contributed by atoms with Crippen molar-refractivity contribution in [2.75, 3.05) is 5.32 Å². The van der Waals surface area contributed by atoms with E-state index in [0.717, 1.165) is 28.0 Å². The van der Waals surface area contributed by atoms with E-state index in [4.69, 9.17) is 11.6 Å². The van der Waals surface area contributed by atoms with Crippen molar-refractivity contribution in [2.45, 2.75) is 6.92 Å². The van der Waals surface area contributed by atoms with Gasteiger partial charge in [0.15, 0.2) is 0 Å². The Bertz CT molecular complexity index is 912. The van der Waals surface area contributed by atoms with E-state index in [-0.39, 0.29) is 5.91 Å². The summed E-state index contributed by atoms with van der Waals surface area (Å²) in [7, 11) is 1.93. The van der Waals surface area contributed by atoms with E-state index in [1.807, 2.05) is 41.9 Å². The molecule has 0 saturated carbocycles. The maximum absolute atomic E-state index is 11.6. The number of nitrogens with one attached hydrogen (secondary N) is 1. The van der Waals surface area contributed by atoms with Gasteiger partial charge in [0, 0.05) is 18.3 Å². The summed E-state index contributed by atoms with van der Waals surface area (Å²) in [5, 5.41) is 4.03. The van der Waals surface area contributed by atoms with Gasteiger partial charge in [0.2, 0.25) is 0 Å². The number of halogens is 1. The van der Waals surface area contributed by atoms with Crippen molar-refractivity contribution in [2.24, 2.45) is 7.05 Å². The molecule has 0 aliphatic rings. The van der Waals surface area contributed by atoms with Crippen LogP contribution in [0.5, 0.6) is 0 Å². The fraction of sp³-hybridized carbons (Fsp3) is 0.118. The van der Waals surface area contributed by atoms with Crippen molar-refractivity contribution < 1.29 is 4.79 Å². The third-order valence-corrected chi connectivity index (χ3v) is 3.90. The van der Waals surface area contributed by atoms with Crippen LogP contribution < -0.4 is 5.32 Å². The molecule has 3 rings (SSSR count). The molecule has 0 radical (unpaired) electrons. The molecular weight excluding hydrogens is 312 g/mol. The summed E-state index contributed by atoms with van der Waals surface area (Å²) < 4.78 is 1.96. The minimum atomic E-state index is -0.190. The summed E-state index contributed by atoms with van der Waals surface area (Å²) in [5.41, 5.74) is 3.93. The Morgan fingerprint density at radius 2 is 1.96 bits per heavy atom. The molecule has 3 aromatic rings. The Labute approximate surface area is 138 Å². The lowest BCUT2D eigenvalue weighted by atomic mass is 10.1. The summed E-state index contributed by atoms with van der Waals surface area (Å²) in [4.78, 5) is 19.9. The highest BCUT2D eigenvalue weighted by Crippen LogP contribution is 2.29. The predicted molar refractivity (Wildman–Crippen MR) is 92.4 cm³/mol. The fourth-order valence-corrected chi connectivity index (χ4v) is 2.53. The highest BCUT2D eigenvalue weighted by Gasteiger charge is 2.12. The van der Waals surface area contributed by atoms with Crippen molar-refractivity contribution in [3.05, 3.63) is 54.0 Å². The van der Waals surface area contributed by atoms with Crippen molar-refractivity contribution in [1.82, 2.24) is 14.5 Å². The SMILES string of the molecule is C=C(C)C(=O)Nc1ccc(-c2cc3c(Cl)ncnc3n2C)cc1. The number of carbonyl (C=O) groups excluding carboxylic acids is 1. The average Bonchev–Trinajstić information content (AvgIpc) is 2.87. The Hall–Kier alpha value is -2.66. The largest absolute Gasteiger partial charge is 0.328 e. The van der Waals surface area contributed by atoms with E-state index < -0.39 is 0 Å². The number of aromatic nitrogens is 3. The molecule has 0 atom stereocenters. The van der Waals surface area contributed by atoms with Gasteiger partial charge in [-0.1, -0.05) is 30.3 Å². The number of hydrogen-bond acceptors (Lipinski definition) is 3. The number of aryl methyl sites for hydroxylation is 1. The number of amides is 1. The highest BCUT2D eigenvalue weighted by atomic mass is 35.5. The zero-order valence-corrected chi connectivity index (χ0v) is 13.6. The number of carbonyl (C=O) groups is 1. The molecule has 2 heterocycles. The van der Waals surface area contributed by atoms with E-state index in [9.17, 15) is 4.79 Å². The number of fused-ring (bicyclic) bond motifs is 1. The molecule has 0 aliphatic carbocycles. The number of nitrogens with zero attached hydrogens (tertiary/aromatic N) is 3. The van der Waals surface area contributed by atoms with Crippen LogP contribution in [0, 0.1) is 0 Å². The van der Waals surface area contributed by atoms with Crippen LogP contribution in [-0.2, 0) is 11.8 Å². The first-order chi connectivity index (χ1) is 11.0. The molecule has 1 amide bonds. The van der Waals surface area contributed by atoms with Gasteiger partial charge in [-0.15, -0.1) is 0 Å². The van der Waals surface area contributed by atoms with Crippen LogP contribution in [0.15, 0.2) is 48.8 Å². The zero-order chi connectivity index (χ0) is 16.6. The number of benzene rings is 1. The molecule has 1 N–H and O–H groups in total. The second-order valence-corrected chi connectivity index (χ2v) is 5.66. The molecule has 6 heteroatoms. The van der Waals surface area contributed by atoms with E-state index >= 15 is 0 Å². The molecule has 0 fully saturated rings. The second-order valence-electron chi connectivity index (χ2n) is 5.30. The molecule has 0 unspecified atom stereocenters. The van der Waals surface area contributed by atoms with Gasteiger partial charge in [-0.2, -0.15) is 0 Å². The van der Waals surface area contributed by atoms with Crippen molar-refractivity contribution in [3.63, 3.8) is 0 Å². The molecule has 2 aromatic heterocycles. The molecule has 116 valence electrons.